The number of fused-ring (bicyclic) bond motifs is 1. The highest BCUT2D eigenvalue weighted by Crippen LogP contribution is 2.39. The minimum absolute atomic E-state index is 0.0272. The molecule has 0 atom stereocenters. The highest BCUT2D eigenvalue weighted by atomic mass is 35.5. The van der Waals surface area contributed by atoms with Crippen LogP contribution in [0.2, 0.25) is 5.02 Å². The minimum atomic E-state index is -4.62. The van der Waals surface area contributed by atoms with Crippen LogP contribution in [0.5, 0.6) is 0 Å². The summed E-state index contributed by atoms with van der Waals surface area (Å²) in [7, 11) is 0. The van der Waals surface area contributed by atoms with Gasteiger partial charge in [0.25, 0.3) is 0 Å². The second-order valence-corrected chi connectivity index (χ2v) is 8.43. The summed E-state index contributed by atoms with van der Waals surface area (Å²) in [5, 5.41) is 3.97. The Hall–Kier alpha value is -3.14. The summed E-state index contributed by atoms with van der Waals surface area (Å²) in [5.74, 6) is -1.74. The van der Waals surface area contributed by atoms with Gasteiger partial charge in [-0.15, -0.1) is 5.10 Å². The number of alkyl halides is 3. The largest absolute Gasteiger partial charge is 0.416 e. The van der Waals surface area contributed by atoms with Crippen LogP contribution in [0.1, 0.15) is 37.8 Å². The second-order valence-electron chi connectivity index (χ2n) is 8.06. The number of benzene rings is 2. The van der Waals surface area contributed by atoms with Crippen molar-refractivity contribution in [3.05, 3.63) is 52.3 Å². The number of halogens is 5. The Morgan fingerprint density at radius 3 is 2.53 bits per heavy atom. The lowest BCUT2D eigenvalue weighted by Gasteiger charge is -2.23. The molecule has 0 unspecified atom stereocenters. The average molecular weight is 498 g/mol. The number of hydrogen-bond acceptors (Lipinski definition) is 4. The summed E-state index contributed by atoms with van der Waals surface area (Å²) in [5.41, 5.74) is -0.357. The van der Waals surface area contributed by atoms with Gasteiger partial charge in [0.05, 0.1) is 16.0 Å². The van der Waals surface area contributed by atoms with Gasteiger partial charge < -0.3 is 9.74 Å². The molecule has 0 radical (unpaired) electrons. The van der Waals surface area contributed by atoms with E-state index in [2.05, 4.69) is 5.10 Å². The van der Waals surface area contributed by atoms with Gasteiger partial charge in [0.15, 0.2) is 0 Å². The molecule has 11 heteroatoms. The van der Waals surface area contributed by atoms with Crippen LogP contribution < -0.4 is 4.84 Å². The molecule has 1 aliphatic carbocycles. The predicted molar refractivity (Wildman–Crippen MR) is 116 cm³/mol. The quantitative estimate of drug-likeness (QED) is 0.436. The lowest BCUT2D eigenvalue weighted by molar-refractivity contribution is -0.142. The van der Waals surface area contributed by atoms with Crippen LogP contribution in [0.25, 0.3) is 22.2 Å². The first-order chi connectivity index (χ1) is 16.0. The molecule has 1 saturated carbocycles. The van der Waals surface area contributed by atoms with Crippen molar-refractivity contribution in [2.75, 3.05) is 6.54 Å². The molecule has 0 spiro atoms. The number of nitrogens with zero attached hydrogens (tertiary/aromatic N) is 3. The average Bonchev–Trinajstić information content (AvgIpc) is 3.56. The van der Waals surface area contributed by atoms with Crippen molar-refractivity contribution in [3.8, 4) is 11.3 Å². The first-order valence-electron chi connectivity index (χ1n) is 10.6. The molecule has 0 N–H and O–H groups in total. The minimum Gasteiger partial charge on any atom is -0.338 e. The van der Waals surface area contributed by atoms with E-state index < -0.39 is 23.5 Å². The summed E-state index contributed by atoms with van der Waals surface area (Å²) in [6.07, 6.45) is -3.12. The predicted octanol–water partition coefficient (Wildman–Crippen LogP) is 5.25. The number of carbonyl (C=O) groups is 2. The van der Waals surface area contributed by atoms with E-state index in [-0.39, 0.29) is 51.1 Å². The summed E-state index contributed by atoms with van der Waals surface area (Å²) in [6, 6.07) is 5.39. The summed E-state index contributed by atoms with van der Waals surface area (Å²) < 4.78 is 54.8. The smallest absolute Gasteiger partial charge is 0.338 e. The van der Waals surface area contributed by atoms with Crippen molar-refractivity contribution in [1.82, 2.24) is 14.8 Å². The van der Waals surface area contributed by atoms with Gasteiger partial charge >= 0.3 is 12.1 Å². The molecule has 1 heterocycles. The Morgan fingerprint density at radius 2 is 1.94 bits per heavy atom. The van der Waals surface area contributed by atoms with Gasteiger partial charge in [-0.25, -0.2) is 9.18 Å². The normalized spacial score (nSPS) is 13.9. The van der Waals surface area contributed by atoms with Gasteiger partial charge in [-0.2, -0.15) is 13.2 Å². The van der Waals surface area contributed by atoms with E-state index in [0.29, 0.717) is 6.54 Å². The second kappa shape index (κ2) is 8.90. The molecule has 180 valence electrons. The van der Waals surface area contributed by atoms with E-state index in [1.807, 2.05) is 0 Å². The monoisotopic (exact) mass is 497 g/mol. The Balaban J connectivity index is 1.92. The molecule has 3 aromatic rings. The van der Waals surface area contributed by atoms with E-state index >= 15 is 0 Å². The zero-order valence-corrected chi connectivity index (χ0v) is 19.0. The Bertz CT molecular complexity index is 1280. The number of rotatable bonds is 6. The molecular weight excluding hydrogens is 478 g/mol. The third kappa shape index (κ3) is 4.59. The lowest BCUT2D eigenvalue weighted by Crippen LogP contribution is -2.31. The molecule has 1 amide bonds. The third-order valence-electron chi connectivity index (χ3n) is 5.59. The van der Waals surface area contributed by atoms with Gasteiger partial charge in [0, 0.05) is 31.5 Å². The van der Waals surface area contributed by atoms with Crippen LogP contribution in [-0.2, 0) is 22.3 Å². The SMILES string of the molecule is CCN(Cc1cc(C(F)(F)F)ccc1-c1nn(OC(C)=O)c2ccc(F)c(Cl)c12)C(=O)C1CC1. The van der Waals surface area contributed by atoms with Crippen LogP contribution >= 0.6 is 11.6 Å². The van der Waals surface area contributed by atoms with Crippen LogP contribution in [0.3, 0.4) is 0 Å². The zero-order valence-electron chi connectivity index (χ0n) is 18.2. The molecule has 1 fully saturated rings. The van der Waals surface area contributed by atoms with Crippen molar-refractivity contribution in [1.29, 1.82) is 0 Å². The van der Waals surface area contributed by atoms with Gasteiger partial charge in [-0.3, -0.25) is 4.79 Å². The van der Waals surface area contributed by atoms with Crippen molar-refractivity contribution in [2.24, 2.45) is 5.92 Å². The maximum Gasteiger partial charge on any atom is 0.416 e. The first-order valence-corrected chi connectivity index (χ1v) is 10.9. The maximum absolute atomic E-state index is 14.3. The van der Waals surface area contributed by atoms with E-state index in [1.165, 1.54) is 17.0 Å². The molecule has 2 aromatic carbocycles. The fourth-order valence-corrected chi connectivity index (χ4v) is 4.02. The topological polar surface area (TPSA) is 64.4 Å². The lowest BCUT2D eigenvalue weighted by atomic mass is 9.98. The molecule has 1 aromatic heterocycles. The Morgan fingerprint density at radius 1 is 1.24 bits per heavy atom. The fraction of sp³-hybridized carbons (Fsp3) is 0.348. The Labute approximate surface area is 197 Å². The zero-order chi connectivity index (χ0) is 24.8. The van der Waals surface area contributed by atoms with Crippen LogP contribution in [0.4, 0.5) is 17.6 Å². The standard InChI is InChI=1S/C23H20ClF4N3O3/c1-3-30(22(33)13-4-5-13)11-14-10-15(23(26,27)28)6-7-16(14)21-19-18(9-8-17(25)20(19)24)31(29-21)34-12(2)32/h6-10,13H,3-5,11H2,1-2H3. The number of aromatic nitrogens is 2. The number of carbonyl (C=O) groups excluding carboxylic acids is 2. The van der Waals surface area contributed by atoms with Crippen molar-refractivity contribution in [2.45, 2.75) is 39.4 Å². The molecule has 0 bridgehead atoms. The van der Waals surface area contributed by atoms with E-state index in [4.69, 9.17) is 16.4 Å². The Kier molecular flexibility index (Phi) is 6.28. The van der Waals surface area contributed by atoms with Gasteiger partial charge in [0.1, 0.15) is 17.0 Å². The van der Waals surface area contributed by atoms with Crippen LogP contribution in [-0.4, -0.2) is 33.3 Å². The van der Waals surface area contributed by atoms with Gasteiger partial charge in [-0.1, -0.05) is 22.5 Å². The highest BCUT2D eigenvalue weighted by Gasteiger charge is 2.35. The van der Waals surface area contributed by atoms with Crippen molar-refractivity contribution < 1.29 is 32.0 Å². The number of amides is 1. The highest BCUT2D eigenvalue weighted by molar-refractivity contribution is 6.36. The molecular formula is C23H20ClF4N3O3. The summed E-state index contributed by atoms with van der Waals surface area (Å²) >= 11 is 6.21. The van der Waals surface area contributed by atoms with E-state index in [9.17, 15) is 27.2 Å². The molecule has 6 nitrogen and oxygen atoms in total. The molecule has 0 aliphatic heterocycles. The van der Waals surface area contributed by atoms with Crippen molar-refractivity contribution in [3.63, 3.8) is 0 Å². The van der Waals surface area contributed by atoms with Crippen molar-refractivity contribution >= 4 is 34.4 Å². The summed E-state index contributed by atoms with van der Waals surface area (Å²) in [6.45, 7) is 3.07. The number of hydrogen-bond donors (Lipinski definition) is 0. The van der Waals surface area contributed by atoms with Crippen LogP contribution in [0, 0.1) is 11.7 Å². The molecule has 1 aliphatic rings. The molecule has 0 saturated heterocycles. The first kappa shape index (κ1) is 24.0. The molecule has 34 heavy (non-hydrogen) atoms. The fourth-order valence-electron chi connectivity index (χ4n) is 3.77. The van der Waals surface area contributed by atoms with E-state index in [0.717, 1.165) is 42.8 Å². The van der Waals surface area contributed by atoms with E-state index in [1.54, 1.807) is 6.92 Å². The summed E-state index contributed by atoms with van der Waals surface area (Å²) in [4.78, 5) is 31.6. The maximum atomic E-state index is 14.3. The molecule has 4 rings (SSSR count). The van der Waals surface area contributed by atoms with Crippen LogP contribution in [0.15, 0.2) is 30.3 Å². The third-order valence-corrected chi connectivity index (χ3v) is 5.96. The van der Waals surface area contributed by atoms with Gasteiger partial charge in [-0.05, 0) is 49.6 Å². The van der Waals surface area contributed by atoms with Gasteiger partial charge in [0.2, 0.25) is 5.91 Å².